The van der Waals surface area contributed by atoms with Crippen LogP contribution in [0.2, 0.25) is 0 Å². The number of nitrogens with zero attached hydrogens (tertiary/aromatic N) is 2. The highest BCUT2D eigenvalue weighted by atomic mass is 32.2. The summed E-state index contributed by atoms with van der Waals surface area (Å²) < 4.78 is 12.6. The van der Waals surface area contributed by atoms with Crippen molar-refractivity contribution in [3.63, 3.8) is 0 Å². The number of thioether (sulfide) groups is 1. The van der Waals surface area contributed by atoms with Crippen molar-refractivity contribution in [1.29, 1.82) is 0 Å². The van der Waals surface area contributed by atoms with E-state index in [-0.39, 0.29) is 17.2 Å². The molecule has 0 saturated heterocycles. The van der Waals surface area contributed by atoms with Crippen molar-refractivity contribution in [2.75, 3.05) is 25.3 Å². The molecule has 0 bridgehead atoms. The van der Waals surface area contributed by atoms with Gasteiger partial charge in [0.15, 0.2) is 5.16 Å². The molecular formula is C23H21N3O4S2. The molecule has 2 aromatic carbocycles. The molecule has 4 aromatic rings. The fraction of sp³-hybridized carbons (Fsp3) is 0.174. The van der Waals surface area contributed by atoms with E-state index in [1.807, 2.05) is 35.7 Å². The number of aromatic nitrogens is 2. The van der Waals surface area contributed by atoms with E-state index in [4.69, 9.17) is 14.5 Å². The molecule has 1 N–H and O–H groups in total. The molecule has 0 aliphatic rings. The molecule has 32 heavy (non-hydrogen) atoms. The van der Waals surface area contributed by atoms with Crippen LogP contribution < -0.4 is 20.3 Å². The van der Waals surface area contributed by atoms with Crippen LogP contribution in [-0.2, 0) is 11.8 Å². The zero-order valence-electron chi connectivity index (χ0n) is 17.7. The van der Waals surface area contributed by atoms with Gasteiger partial charge in [0.05, 0.1) is 31.2 Å². The normalized spacial score (nSPS) is 10.8. The van der Waals surface area contributed by atoms with Crippen molar-refractivity contribution in [1.82, 2.24) is 9.55 Å². The van der Waals surface area contributed by atoms with E-state index in [2.05, 4.69) is 5.32 Å². The third kappa shape index (κ3) is 4.35. The summed E-state index contributed by atoms with van der Waals surface area (Å²) in [6.45, 7) is 0. The van der Waals surface area contributed by atoms with Crippen molar-refractivity contribution in [3.05, 3.63) is 64.3 Å². The highest BCUT2D eigenvalue weighted by Crippen LogP contribution is 2.32. The van der Waals surface area contributed by atoms with Gasteiger partial charge in [-0.25, -0.2) is 4.98 Å². The Labute approximate surface area is 193 Å². The molecule has 0 aliphatic carbocycles. The van der Waals surface area contributed by atoms with Gasteiger partial charge in [-0.2, -0.15) is 0 Å². The van der Waals surface area contributed by atoms with Crippen LogP contribution in [-0.4, -0.2) is 35.4 Å². The summed E-state index contributed by atoms with van der Waals surface area (Å²) in [4.78, 5) is 30.2. The molecule has 9 heteroatoms. The van der Waals surface area contributed by atoms with Gasteiger partial charge < -0.3 is 14.8 Å². The number of ether oxygens (including phenoxy) is 2. The molecule has 2 aromatic heterocycles. The van der Waals surface area contributed by atoms with Crippen LogP contribution in [0.3, 0.4) is 0 Å². The van der Waals surface area contributed by atoms with E-state index in [9.17, 15) is 9.59 Å². The number of nitrogens with one attached hydrogen (secondary N) is 1. The van der Waals surface area contributed by atoms with E-state index in [0.29, 0.717) is 32.6 Å². The number of benzene rings is 2. The zero-order chi connectivity index (χ0) is 22.7. The Balaban J connectivity index is 1.58. The molecule has 0 saturated carbocycles. The third-order valence-corrected chi connectivity index (χ3v) is 6.84. The van der Waals surface area contributed by atoms with Crippen LogP contribution in [0.15, 0.2) is 63.9 Å². The van der Waals surface area contributed by atoms with Crippen LogP contribution in [0.5, 0.6) is 11.5 Å². The Morgan fingerprint density at radius 3 is 2.66 bits per heavy atom. The lowest BCUT2D eigenvalue weighted by Gasteiger charge is -2.12. The summed E-state index contributed by atoms with van der Waals surface area (Å²) in [5.41, 5.74) is 2.95. The minimum Gasteiger partial charge on any atom is -0.497 e. The lowest BCUT2D eigenvalue weighted by atomic mass is 10.1. The number of thiophene rings is 1. The first kappa shape index (κ1) is 21.9. The van der Waals surface area contributed by atoms with Gasteiger partial charge in [-0.15, -0.1) is 11.3 Å². The molecule has 0 fully saturated rings. The van der Waals surface area contributed by atoms with Crippen LogP contribution in [0.25, 0.3) is 21.3 Å². The summed E-state index contributed by atoms with van der Waals surface area (Å²) in [6, 6.07) is 15.0. The van der Waals surface area contributed by atoms with Crippen LogP contribution in [0.4, 0.5) is 5.69 Å². The largest absolute Gasteiger partial charge is 0.497 e. The minimum atomic E-state index is -0.246. The Morgan fingerprint density at radius 1 is 1.16 bits per heavy atom. The van der Waals surface area contributed by atoms with Gasteiger partial charge in [-0.05, 0) is 17.7 Å². The standard InChI is InChI=1S/C23H21N3O4S2/c1-26-22(28)21-20(16(12-31-21)14-7-5-4-6-8-14)25-23(26)32-13-19(27)24-17-11-15(29-2)9-10-18(17)30-3/h4-12H,13H2,1-3H3,(H,24,27). The monoisotopic (exact) mass is 467 g/mol. The maximum atomic E-state index is 12.9. The minimum absolute atomic E-state index is 0.0803. The topological polar surface area (TPSA) is 82.5 Å². The number of amides is 1. The predicted molar refractivity (Wildman–Crippen MR) is 129 cm³/mol. The number of rotatable bonds is 7. The molecule has 2 heterocycles. The highest BCUT2D eigenvalue weighted by molar-refractivity contribution is 7.99. The third-order valence-electron chi connectivity index (χ3n) is 4.86. The van der Waals surface area contributed by atoms with Crippen LogP contribution in [0, 0.1) is 0 Å². The molecule has 0 unspecified atom stereocenters. The Morgan fingerprint density at radius 2 is 1.94 bits per heavy atom. The second-order valence-corrected chi connectivity index (χ2v) is 8.68. The maximum absolute atomic E-state index is 12.9. The van der Waals surface area contributed by atoms with Gasteiger partial charge >= 0.3 is 0 Å². The lowest BCUT2D eigenvalue weighted by molar-refractivity contribution is -0.113. The van der Waals surface area contributed by atoms with E-state index in [1.165, 1.54) is 34.8 Å². The first-order chi connectivity index (χ1) is 15.5. The van der Waals surface area contributed by atoms with Gasteiger partial charge in [0, 0.05) is 24.1 Å². The molecular weight excluding hydrogens is 446 g/mol. The molecule has 0 spiro atoms. The summed E-state index contributed by atoms with van der Waals surface area (Å²) in [5, 5.41) is 5.26. The van der Waals surface area contributed by atoms with Gasteiger partial charge in [0.25, 0.3) is 5.56 Å². The first-order valence-corrected chi connectivity index (χ1v) is 11.6. The molecule has 1 amide bonds. The number of methoxy groups -OCH3 is 2. The van der Waals surface area contributed by atoms with Gasteiger partial charge in [-0.3, -0.25) is 14.2 Å². The molecule has 0 atom stereocenters. The van der Waals surface area contributed by atoms with Crippen LogP contribution >= 0.6 is 23.1 Å². The molecule has 0 aliphatic heterocycles. The lowest BCUT2D eigenvalue weighted by Crippen LogP contribution is -2.21. The summed E-state index contributed by atoms with van der Waals surface area (Å²) in [6.07, 6.45) is 0. The summed E-state index contributed by atoms with van der Waals surface area (Å²) in [7, 11) is 4.76. The van der Waals surface area contributed by atoms with Gasteiger partial charge in [-0.1, -0.05) is 42.1 Å². The Hall–Kier alpha value is -3.30. The fourth-order valence-electron chi connectivity index (χ4n) is 3.20. The zero-order valence-corrected chi connectivity index (χ0v) is 19.4. The number of carbonyl (C=O) groups is 1. The van der Waals surface area contributed by atoms with Crippen molar-refractivity contribution < 1.29 is 14.3 Å². The second kappa shape index (κ2) is 9.46. The Kier molecular flexibility index (Phi) is 6.48. The number of hydrogen-bond donors (Lipinski definition) is 1. The molecule has 164 valence electrons. The van der Waals surface area contributed by atoms with Crippen molar-refractivity contribution in [3.8, 4) is 22.6 Å². The van der Waals surface area contributed by atoms with Gasteiger partial charge in [0.1, 0.15) is 16.2 Å². The van der Waals surface area contributed by atoms with Gasteiger partial charge in [0.2, 0.25) is 5.91 Å². The summed E-state index contributed by atoms with van der Waals surface area (Å²) in [5.74, 6) is 0.970. The van der Waals surface area contributed by atoms with E-state index >= 15 is 0 Å². The smallest absolute Gasteiger partial charge is 0.271 e. The number of anilines is 1. The average molecular weight is 468 g/mol. The maximum Gasteiger partial charge on any atom is 0.271 e. The number of fused-ring (bicyclic) bond motifs is 1. The SMILES string of the molecule is COc1ccc(OC)c(NC(=O)CSc2nc3c(-c4ccccc4)csc3c(=O)n2C)c1. The quantitative estimate of drug-likeness (QED) is 0.320. The molecule has 0 radical (unpaired) electrons. The predicted octanol–water partition coefficient (Wildman–Crippen LogP) is 4.41. The van der Waals surface area contributed by atoms with Crippen molar-refractivity contribution >= 4 is 44.9 Å². The number of carbonyl (C=O) groups excluding carboxylic acids is 1. The van der Waals surface area contributed by atoms with E-state index in [1.54, 1.807) is 32.4 Å². The van der Waals surface area contributed by atoms with E-state index < -0.39 is 0 Å². The van der Waals surface area contributed by atoms with Crippen molar-refractivity contribution in [2.24, 2.45) is 7.05 Å². The fourth-order valence-corrected chi connectivity index (χ4v) is 4.96. The van der Waals surface area contributed by atoms with Crippen molar-refractivity contribution in [2.45, 2.75) is 5.16 Å². The summed E-state index contributed by atoms with van der Waals surface area (Å²) >= 11 is 2.59. The average Bonchev–Trinajstić information content (AvgIpc) is 3.25. The van der Waals surface area contributed by atoms with Crippen LogP contribution in [0.1, 0.15) is 0 Å². The first-order valence-electron chi connectivity index (χ1n) is 9.70. The Bertz CT molecular complexity index is 1330. The second-order valence-electron chi connectivity index (χ2n) is 6.85. The molecule has 7 nitrogen and oxygen atoms in total. The molecule has 4 rings (SSSR count). The van der Waals surface area contributed by atoms with E-state index in [0.717, 1.165) is 11.1 Å². The highest BCUT2D eigenvalue weighted by Gasteiger charge is 2.17. The number of hydrogen-bond acceptors (Lipinski definition) is 7.